The van der Waals surface area contributed by atoms with Crippen molar-refractivity contribution in [2.45, 2.75) is 32.2 Å². The monoisotopic (exact) mass is 165 g/mol. The minimum Gasteiger partial charge on any atom is -0.303 e. The molecule has 0 radical (unpaired) electrons. The van der Waals surface area contributed by atoms with Crippen molar-refractivity contribution in [3.05, 3.63) is 0 Å². The molecule has 2 bridgehead atoms. The van der Waals surface area contributed by atoms with Crippen molar-refractivity contribution in [3.63, 3.8) is 0 Å². The van der Waals surface area contributed by atoms with Crippen LogP contribution in [0.1, 0.15) is 26.2 Å². The van der Waals surface area contributed by atoms with Gasteiger partial charge in [-0.3, -0.25) is 0 Å². The Bertz CT molecular complexity index is 199. The van der Waals surface area contributed by atoms with Crippen LogP contribution in [0.2, 0.25) is 0 Å². The van der Waals surface area contributed by atoms with Crippen LogP contribution >= 0.6 is 0 Å². The first-order valence-corrected chi connectivity index (χ1v) is 5.47. The average molecular weight is 165 g/mol. The van der Waals surface area contributed by atoms with E-state index in [1.165, 1.54) is 6.54 Å². The van der Waals surface area contributed by atoms with Gasteiger partial charge in [0.05, 0.1) is 0 Å². The number of fused-ring (bicyclic) bond motifs is 5. The Hall–Kier alpha value is -0.0400. The minimum absolute atomic E-state index is 0.880. The van der Waals surface area contributed by atoms with E-state index in [0.717, 1.165) is 29.7 Å². The van der Waals surface area contributed by atoms with Crippen LogP contribution in [0.4, 0.5) is 0 Å². The van der Waals surface area contributed by atoms with Crippen LogP contribution < -0.4 is 0 Å². The van der Waals surface area contributed by atoms with Crippen molar-refractivity contribution in [3.8, 4) is 0 Å². The van der Waals surface area contributed by atoms with Crippen molar-refractivity contribution in [1.29, 1.82) is 0 Å². The molecular weight excluding hydrogens is 146 g/mol. The van der Waals surface area contributed by atoms with Gasteiger partial charge < -0.3 is 4.90 Å². The molecule has 5 atom stereocenters. The number of hydrogen-bond donors (Lipinski definition) is 0. The predicted molar refractivity (Wildman–Crippen MR) is 49.9 cm³/mol. The normalized spacial score (nSPS) is 58.0. The summed E-state index contributed by atoms with van der Waals surface area (Å²) in [5, 5.41) is 0. The lowest BCUT2D eigenvalue weighted by molar-refractivity contribution is 0.232. The fraction of sp³-hybridized carbons (Fsp3) is 1.00. The molecule has 1 saturated heterocycles. The van der Waals surface area contributed by atoms with Gasteiger partial charge in [-0.15, -0.1) is 0 Å². The Morgan fingerprint density at radius 1 is 1.17 bits per heavy atom. The Kier molecular flexibility index (Phi) is 1.39. The SMILES string of the molecule is CC1C2C3CCC(C3)C2CN1C. The molecule has 1 heterocycles. The highest BCUT2D eigenvalue weighted by Gasteiger charge is 2.53. The topological polar surface area (TPSA) is 3.24 Å². The van der Waals surface area contributed by atoms with E-state index in [0.29, 0.717) is 0 Å². The van der Waals surface area contributed by atoms with E-state index < -0.39 is 0 Å². The third kappa shape index (κ3) is 0.736. The zero-order valence-electron chi connectivity index (χ0n) is 8.16. The maximum absolute atomic E-state index is 2.58. The smallest absolute Gasteiger partial charge is 0.00981 e. The van der Waals surface area contributed by atoms with Crippen molar-refractivity contribution >= 4 is 0 Å². The molecule has 3 fully saturated rings. The molecule has 0 aromatic rings. The zero-order valence-corrected chi connectivity index (χ0v) is 8.16. The molecule has 0 N–H and O–H groups in total. The van der Waals surface area contributed by atoms with E-state index in [9.17, 15) is 0 Å². The van der Waals surface area contributed by atoms with Gasteiger partial charge in [-0.1, -0.05) is 0 Å². The Morgan fingerprint density at radius 3 is 2.67 bits per heavy atom. The number of rotatable bonds is 0. The van der Waals surface area contributed by atoms with Crippen LogP contribution in [-0.4, -0.2) is 24.5 Å². The first-order valence-electron chi connectivity index (χ1n) is 5.47. The third-order valence-electron chi connectivity index (χ3n) is 4.91. The number of nitrogens with zero attached hydrogens (tertiary/aromatic N) is 1. The largest absolute Gasteiger partial charge is 0.303 e. The molecule has 2 saturated carbocycles. The van der Waals surface area contributed by atoms with E-state index in [2.05, 4.69) is 18.9 Å². The Labute approximate surface area is 75.1 Å². The maximum atomic E-state index is 2.58. The second-order valence-electron chi connectivity index (χ2n) is 5.25. The first kappa shape index (κ1) is 7.37. The van der Waals surface area contributed by atoms with Crippen molar-refractivity contribution in [1.82, 2.24) is 4.90 Å². The Balaban J connectivity index is 1.90. The molecular formula is C11H19N. The van der Waals surface area contributed by atoms with E-state index in [1.54, 1.807) is 19.3 Å². The lowest BCUT2D eigenvalue weighted by atomic mass is 9.79. The van der Waals surface area contributed by atoms with Crippen molar-refractivity contribution in [2.75, 3.05) is 13.6 Å². The first-order chi connectivity index (χ1) is 5.77. The molecule has 0 amide bonds. The molecule has 68 valence electrons. The fourth-order valence-corrected chi connectivity index (χ4v) is 4.27. The molecule has 3 rings (SSSR count). The summed E-state index contributed by atoms with van der Waals surface area (Å²) in [6.45, 7) is 3.83. The van der Waals surface area contributed by atoms with E-state index in [1.807, 2.05) is 0 Å². The summed E-state index contributed by atoms with van der Waals surface area (Å²) >= 11 is 0. The van der Waals surface area contributed by atoms with Crippen LogP contribution in [0.15, 0.2) is 0 Å². The summed E-state index contributed by atoms with van der Waals surface area (Å²) in [7, 11) is 2.31. The number of likely N-dealkylation sites (tertiary alicyclic amines) is 1. The molecule has 1 aliphatic heterocycles. The van der Waals surface area contributed by atoms with Gasteiger partial charge in [0.1, 0.15) is 0 Å². The highest BCUT2D eigenvalue weighted by Crippen LogP contribution is 2.56. The fourth-order valence-electron chi connectivity index (χ4n) is 4.27. The van der Waals surface area contributed by atoms with Crippen LogP contribution in [-0.2, 0) is 0 Å². The number of hydrogen-bond acceptors (Lipinski definition) is 1. The van der Waals surface area contributed by atoms with Gasteiger partial charge in [0.25, 0.3) is 0 Å². The molecule has 12 heavy (non-hydrogen) atoms. The zero-order chi connectivity index (χ0) is 8.29. The summed E-state index contributed by atoms with van der Waals surface area (Å²) < 4.78 is 0. The average Bonchev–Trinajstić information content (AvgIpc) is 2.66. The summed E-state index contributed by atoms with van der Waals surface area (Å²) in [5.74, 6) is 4.39. The molecule has 1 heteroatoms. The van der Waals surface area contributed by atoms with E-state index >= 15 is 0 Å². The van der Waals surface area contributed by atoms with Gasteiger partial charge in [0, 0.05) is 12.6 Å². The predicted octanol–water partition coefficient (Wildman–Crippen LogP) is 1.98. The maximum Gasteiger partial charge on any atom is 0.00981 e. The quantitative estimate of drug-likeness (QED) is 0.530. The molecule has 0 aromatic heterocycles. The van der Waals surface area contributed by atoms with Gasteiger partial charge in [0.2, 0.25) is 0 Å². The van der Waals surface area contributed by atoms with Gasteiger partial charge in [-0.2, -0.15) is 0 Å². The van der Waals surface area contributed by atoms with Crippen molar-refractivity contribution < 1.29 is 0 Å². The van der Waals surface area contributed by atoms with Crippen molar-refractivity contribution in [2.24, 2.45) is 23.7 Å². The highest BCUT2D eigenvalue weighted by atomic mass is 15.2. The standard InChI is InChI=1S/C11H19N/c1-7-11-9-4-3-8(5-9)10(11)6-12(7)2/h7-11H,3-6H2,1-2H3. The summed E-state index contributed by atoms with van der Waals surface area (Å²) in [6, 6.07) is 0.880. The second-order valence-corrected chi connectivity index (χ2v) is 5.25. The lowest BCUT2D eigenvalue weighted by Gasteiger charge is -2.26. The Morgan fingerprint density at radius 2 is 1.92 bits per heavy atom. The summed E-state index contributed by atoms with van der Waals surface area (Å²) in [6.07, 6.45) is 4.67. The summed E-state index contributed by atoms with van der Waals surface area (Å²) in [4.78, 5) is 2.58. The lowest BCUT2D eigenvalue weighted by Crippen LogP contribution is -2.29. The molecule has 0 aromatic carbocycles. The van der Waals surface area contributed by atoms with Gasteiger partial charge in [-0.25, -0.2) is 0 Å². The van der Waals surface area contributed by atoms with E-state index in [4.69, 9.17) is 0 Å². The van der Waals surface area contributed by atoms with E-state index in [-0.39, 0.29) is 0 Å². The molecule has 1 nitrogen and oxygen atoms in total. The minimum atomic E-state index is 0.880. The summed E-state index contributed by atoms with van der Waals surface area (Å²) in [5.41, 5.74) is 0. The van der Waals surface area contributed by atoms with Crippen LogP contribution in [0.3, 0.4) is 0 Å². The van der Waals surface area contributed by atoms with Crippen LogP contribution in [0, 0.1) is 23.7 Å². The highest BCUT2D eigenvalue weighted by molar-refractivity contribution is 5.04. The van der Waals surface area contributed by atoms with Crippen LogP contribution in [0.5, 0.6) is 0 Å². The van der Waals surface area contributed by atoms with Gasteiger partial charge in [-0.05, 0) is 56.9 Å². The molecule has 0 spiro atoms. The second kappa shape index (κ2) is 2.25. The molecule has 3 aliphatic rings. The third-order valence-corrected chi connectivity index (χ3v) is 4.91. The van der Waals surface area contributed by atoms with Gasteiger partial charge in [0.15, 0.2) is 0 Å². The van der Waals surface area contributed by atoms with Gasteiger partial charge >= 0.3 is 0 Å². The molecule has 5 unspecified atom stereocenters. The molecule has 2 aliphatic carbocycles. The van der Waals surface area contributed by atoms with Crippen LogP contribution in [0.25, 0.3) is 0 Å².